The summed E-state index contributed by atoms with van der Waals surface area (Å²) in [7, 11) is 3.37. The zero-order valence-corrected chi connectivity index (χ0v) is 16.0. The van der Waals surface area contributed by atoms with Gasteiger partial charge in [0.15, 0.2) is 17.3 Å². The maximum absolute atomic E-state index is 5.95. The number of aromatic nitrogens is 4. The van der Waals surface area contributed by atoms with Crippen LogP contribution in [0, 0.1) is 0 Å². The van der Waals surface area contributed by atoms with Crippen LogP contribution >= 0.6 is 0 Å². The molecule has 0 unspecified atom stereocenters. The van der Waals surface area contributed by atoms with Crippen LogP contribution in [0.4, 0.5) is 5.82 Å². The van der Waals surface area contributed by atoms with Gasteiger partial charge in [-0.2, -0.15) is 4.98 Å². The van der Waals surface area contributed by atoms with Crippen LogP contribution in [0.3, 0.4) is 0 Å². The Morgan fingerprint density at radius 2 is 1.82 bits per heavy atom. The molecule has 3 heterocycles. The van der Waals surface area contributed by atoms with Gasteiger partial charge in [0.1, 0.15) is 6.61 Å². The van der Waals surface area contributed by atoms with E-state index in [1.165, 1.54) is 5.56 Å². The van der Waals surface area contributed by atoms with Crippen molar-refractivity contribution in [2.45, 2.75) is 25.0 Å². The molecule has 146 valence electrons. The lowest BCUT2D eigenvalue weighted by molar-refractivity contribution is -0.0347. The Balaban J connectivity index is 1.44. The Labute approximate surface area is 163 Å². The first-order chi connectivity index (χ1) is 13.7. The van der Waals surface area contributed by atoms with E-state index in [2.05, 4.69) is 49.5 Å². The number of hydrogen-bond donors (Lipinski definition) is 0. The Hall–Kier alpha value is -2.84. The predicted molar refractivity (Wildman–Crippen MR) is 103 cm³/mol. The summed E-state index contributed by atoms with van der Waals surface area (Å²) in [5, 5.41) is 12.5. The van der Waals surface area contributed by atoms with Crippen molar-refractivity contribution in [1.82, 2.24) is 20.3 Å². The van der Waals surface area contributed by atoms with Crippen LogP contribution in [-0.4, -0.2) is 47.6 Å². The first kappa shape index (κ1) is 18.5. The number of nitrogens with zero attached hydrogens (tertiary/aromatic N) is 5. The highest BCUT2D eigenvalue weighted by Crippen LogP contribution is 2.37. The second kappa shape index (κ2) is 8.04. The molecule has 0 aliphatic carbocycles. The molecule has 0 spiro atoms. The quantitative estimate of drug-likeness (QED) is 0.644. The maximum Gasteiger partial charge on any atom is 0.278 e. The second-order valence-corrected chi connectivity index (χ2v) is 6.78. The molecule has 0 amide bonds. The third kappa shape index (κ3) is 3.61. The molecule has 0 bridgehead atoms. The van der Waals surface area contributed by atoms with Crippen LogP contribution in [0.2, 0.25) is 0 Å². The number of piperidine rings is 1. The van der Waals surface area contributed by atoms with Crippen molar-refractivity contribution in [2.24, 2.45) is 0 Å². The fourth-order valence-electron chi connectivity index (χ4n) is 3.60. The molecule has 1 saturated heterocycles. The molecule has 4 rings (SSSR count). The first-order valence-electron chi connectivity index (χ1n) is 9.25. The summed E-state index contributed by atoms with van der Waals surface area (Å²) in [6, 6.07) is 14.2. The van der Waals surface area contributed by atoms with Crippen molar-refractivity contribution < 1.29 is 14.0 Å². The molecule has 3 aromatic rings. The van der Waals surface area contributed by atoms with Gasteiger partial charge in [-0.3, -0.25) is 0 Å². The maximum atomic E-state index is 5.95. The van der Waals surface area contributed by atoms with E-state index < -0.39 is 0 Å². The van der Waals surface area contributed by atoms with Crippen molar-refractivity contribution >= 4 is 5.82 Å². The van der Waals surface area contributed by atoms with E-state index in [1.807, 2.05) is 18.2 Å². The topological polar surface area (TPSA) is 86.4 Å². The van der Waals surface area contributed by atoms with Gasteiger partial charge >= 0.3 is 0 Å². The van der Waals surface area contributed by atoms with Crippen LogP contribution in [-0.2, 0) is 21.7 Å². The third-order valence-corrected chi connectivity index (χ3v) is 5.20. The largest absolute Gasteiger partial charge is 0.377 e. The van der Waals surface area contributed by atoms with Gasteiger partial charge in [0.05, 0.1) is 5.60 Å². The van der Waals surface area contributed by atoms with E-state index >= 15 is 0 Å². The molecule has 8 nitrogen and oxygen atoms in total. The standard InChI is InChI=1S/C20H23N5O3/c1-26-14-17-21-19(28-24-17)16-8-9-18(23-22-16)25-12-10-20(27-2,11-13-25)15-6-4-3-5-7-15/h3-9H,10-14H2,1-2H3. The monoisotopic (exact) mass is 381 g/mol. The Morgan fingerprint density at radius 3 is 2.46 bits per heavy atom. The van der Waals surface area contributed by atoms with Crippen molar-refractivity contribution in [3.05, 3.63) is 53.9 Å². The number of rotatable bonds is 6. The summed E-state index contributed by atoms with van der Waals surface area (Å²) < 4.78 is 16.1. The SMILES string of the molecule is COCc1noc(-c2ccc(N3CCC(OC)(c4ccccc4)CC3)nn2)n1. The summed E-state index contributed by atoms with van der Waals surface area (Å²) in [4.78, 5) is 6.46. The van der Waals surface area contributed by atoms with Gasteiger partial charge in [-0.1, -0.05) is 35.5 Å². The lowest BCUT2D eigenvalue weighted by atomic mass is 9.84. The number of methoxy groups -OCH3 is 2. The summed E-state index contributed by atoms with van der Waals surface area (Å²) in [5.74, 6) is 1.65. The summed E-state index contributed by atoms with van der Waals surface area (Å²) in [5.41, 5.74) is 1.53. The summed E-state index contributed by atoms with van der Waals surface area (Å²) >= 11 is 0. The molecule has 1 aliphatic rings. The highest BCUT2D eigenvalue weighted by atomic mass is 16.5. The fraction of sp³-hybridized carbons (Fsp3) is 0.400. The van der Waals surface area contributed by atoms with Gasteiger partial charge in [-0.05, 0) is 30.5 Å². The Kier molecular flexibility index (Phi) is 5.31. The lowest BCUT2D eigenvalue weighted by Crippen LogP contribution is -2.44. The predicted octanol–water partition coefficient (Wildman–Crippen LogP) is 2.82. The van der Waals surface area contributed by atoms with Gasteiger partial charge in [0.2, 0.25) is 0 Å². The highest BCUT2D eigenvalue weighted by molar-refractivity contribution is 5.49. The average molecular weight is 381 g/mol. The van der Waals surface area contributed by atoms with Crippen molar-refractivity contribution in [2.75, 3.05) is 32.2 Å². The van der Waals surface area contributed by atoms with Crippen molar-refractivity contribution in [3.8, 4) is 11.6 Å². The minimum atomic E-state index is -0.243. The average Bonchev–Trinajstić information content (AvgIpc) is 3.23. The van der Waals surface area contributed by atoms with Gasteiger partial charge < -0.3 is 18.9 Å². The molecule has 0 N–H and O–H groups in total. The molecule has 8 heteroatoms. The molecule has 0 radical (unpaired) electrons. The van der Waals surface area contributed by atoms with Gasteiger partial charge in [0.25, 0.3) is 5.89 Å². The van der Waals surface area contributed by atoms with Crippen molar-refractivity contribution in [1.29, 1.82) is 0 Å². The van der Waals surface area contributed by atoms with E-state index in [1.54, 1.807) is 14.2 Å². The lowest BCUT2D eigenvalue weighted by Gasteiger charge is -2.41. The van der Waals surface area contributed by atoms with E-state index in [4.69, 9.17) is 14.0 Å². The van der Waals surface area contributed by atoms with Gasteiger partial charge in [0, 0.05) is 27.3 Å². The van der Waals surface area contributed by atoms with Crippen LogP contribution in [0.1, 0.15) is 24.2 Å². The van der Waals surface area contributed by atoms with Crippen LogP contribution in [0.15, 0.2) is 47.0 Å². The fourth-order valence-corrected chi connectivity index (χ4v) is 3.60. The number of hydrogen-bond acceptors (Lipinski definition) is 8. The molecule has 28 heavy (non-hydrogen) atoms. The minimum Gasteiger partial charge on any atom is -0.377 e. The molecule has 1 aliphatic heterocycles. The first-order valence-corrected chi connectivity index (χ1v) is 9.25. The zero-order chi connectivity index (χ0) is 19.4. The van der Waals surface area contributed by atoms with E-state index in [0.29, 0.717) is 24.0 Å². The zero-order valence-electron chi connectivity index (χ0n) is 16.0. The van der Waals surface area contributed by atoms with Crippen LogP contribution in [0.5, 0.6) is 0 Å². The molecular formula is C20H23N5O3. The van der Waals surface area contributed by atoms with E-state index in [9.17, 15) is 0 Å². The number of anilines is 1. The Morgan fingerprint density at radius 1 is 1.04 bits per heavy atom. The highest BCUT2D eigenvalue weighted by Gasteiger charge is 2.36. The molecule has 1 fully saturated rings. The Bertz CT molecular complexity index is 890. The smallest absolute Gasteiger partial charge is 0.278 e. The minimum absolute atomic E-state index is 0.243. The second-order valence-electron chi connectivity index (χ2n) is 6.78. The third-order valence-electron chi connectivity index (χ3n) is 5.20. The molecular weight excluding hydrogens is 358 g/mol. The van der Waals surface area contributed by atoms with Gasteiger partial charge in [-0.25, -0.2) is 0 Å². The van der Waals surface area contributed by atoms with E-state index in [0.717, 1.165) is 31.7 Å². The number of ether oxygens (including phenoxy) is 2. The van der Waals surface area contributed by atoms with Gasteiger partial charge in [-0.15, -0.1) is 10.2 Å². The van der Waals surface area contributed by atoms with Crippen LogP contribution in [0.25, 0.3) is 11.6 Å². The molecule has 0 saturated carbocycles. The molecule has 1 aromatic carbocycles. The summed E-state index contributed by atoms with van der Waals surface area (Å²) in [6.45, 7) is 1.98. The molecule has 0 atom stereocenters. The summed E-state index contributed by atoms with van der Waals surface area (Å²) in [6.07, 6.45) is 1.78. The van der Waals surface area contributed by atoms with Crippen molar-refractivity contribution in [3.63, 3.8) is 0 Å². The normalized spacial score (nSPS) is 16.3. The van der Waals surface area contributed by atoms with Crippen LogP contribution < -0.4 is 4.90 Å². The molecule has 2 aromatic heterocycles. The number of benzene rings is 1. The van der Waals surface area contributed by atoms with E-state index in [-0.39, 0.29) is 5.60 Å².